The van der Waals surface area contributed by atoms with E-state index in [2.05, 4.69) is 10.3 Å². The van der Waals surface area contributed by atoms with E-state index in [1.54, 1.807) is 6.07 Å². The number of H-pyrrole nitrogens is 1. The predicted molar refractivity (Wildman–Crippen MR) is 107 cm³/mol. The van der Waals surface area contributed by atoms with Gasteiger partial charge in [-0.2, -0.15) is 0 Å². The van der Waals surface area contributed by atoms with Crippen LogP contribution >= 0.6 is 34.5 Å². The summed E-state index contributed by atoms with van der Waals surface area (Å²) in [4.78, 5) is 27.7. The number of esters is 1. The van der Waals surface area contributed by atoms with Gasteiger partial charge in [0.2, 0.25) is 0 Å². The van der Waals surface area contributed by atoms with Crippen LogP contribution in [0.1, 0.15) is 34.0 Å². The zero-order chi connectivity index (χ0) is 19.1. The summed E-state index contributed by atoms with van der Waals surface area (Å²) in [5, 5.41) is 3.48. The first-order valence-corrected chi connectivity index (χ1v) is 9.97. The van der Waals surface area contributed by atoms with E-state index in [1.807, 2.05) is 24.3 Å². The monoisotopic (exact) mass is 422 g/mol. The number of carbonyl (C=O) groups is 2. The summed E-state index contributed by atoms with van der Waals surface area (Å²) in [6.07, 6.45) is 0.894. The van der Waals surface area contributed by atoms with Crippen molar-refractivity contribution in [1.82, 2.24) is 10.3 Å². The molecule has 0 spiro atoms. The van der Waals surface area contributed by atoms with E-state index in [0.717, 1.165) is 15.8 Å². The van der Waals surface area contributed by atoms with Crippen LogP contribution in [0.5, 0.6) is 0 Å². The lowest BCUT2D eigenvalue weighted by molar-refractivity contribution is -0.141. The maximum Gasteiger partial charge on any atom is 0.306 e. The quantitative estimate of drug-likeness (QED) is 0.606. The van der Waals surface area contributed by atoms with E-state index in [1.165, 1.54) is 18.4 Å². The van der Waals surface area contributed by atoms with Gasteiger partial charge in [0.15, 0.2) is 0 Å². The molecule has 0 aliphatic heterocycles. The molecule has 0 saturated carbocycles. The molecule has 2 heterocycles. The number of carbonyl (C=O) groups excluding carboxylic acids is 2. The molecule has 2 atom stereocenters. The molecule has 3 aromatic rings. The van der Waals surface area contributed by atoms with Crippen molar-refractivity contribution in [3.8, 4) is 0 Å². The highest BCUT2D eigenvalue weighted by Gasteiger charge is 2.35. The predicted octanol–water partition coefficient (Wildman–Crippen LogP) is 4.54. The standard InChI is InChI=1S/C19H16Cl2N2O3S/c1-26-15(24)7-11-10-5-3-2-4-9(10)6-12(11)23-19(25)13-8-14-17(22-13)16(20)18(21)27-14/h2-5,8,11-12,22H,6-7H2,1H3,(H,23,25)/t11-,12?/m1/s1. The molecule has 0 saturated heterocycles. The zero-order valence-corrected chi connectivity index (χ0v) is 16.7. The molecule has 1 aromatic carbocycles. The number of rotatable bonds is 4. The number of amides is 1. The topological polar surface area (TPSA) is 71.2 Å². The Morgan fingerprint density at radius 3 is 2.85 bits per heavy atom. The van der Waals surface area contributed by atoms with Crippen LogP contribution in [0, 0.1) is 0 Å². The molecule has 5 nitrogen and oxygen atoms in total. The van der Waals surface area contributed by atoms with Crippen LogP contribution in [0.25, 0.3) is 10.2 Å². The first-order chi connectivity index (χ1) is 13.0. The molecule has 1 aliphatic carbocycles. The third kappa shape index (κ3) is 3.33. The van der Waals surface area contributed by atoms with Crippen LogP contribution in [-0.4, -0.2) is 30.0 Å². The van der Waals surface area contributed by atoms with Crippen molar-refractivity contribution >= 4 is 56.6 Å². The fourth-order valence-electron chi connectivity index (χ4n) is 3.63. The number of hydrogen-bond donors (Lipinski definition) is 2. The first-order valence-electron chi connectivity index (χ1n) is 8.40. The largest absolute Gasteiger partial charge is 0.469 e. The summed E-state index contributed by atoms with van der Waals surface area (Å²) in [6.45, 7) is 0. The molecule has 1 aliphatic rings. The molecule has 27 heavy (non-hydrogen) atoms. The highest BCUT2D eigenvalue weighted by Crippen LogP contribution is 2.39. The van der Waals surface area contributed by atoms with Gasteiger partial charge < -0.3 is 15.0 Å². The Bertz CT molecular complexity index is 1040. The van der Waals surface area contributed by atoms with Crippen LogP contribution in [0.2, 0.25) is 9.36 Å². The molecular weight excluding hydrogens is 407 g/mol. The fourth-order valence-corrected chi connectivity index (χ4v) is 5.11. The Balaban J connectivity index is 1.57. The number of benzene rings is 1. The Kier molecular flexibility index (Phi) is 4.88. The van der Waals surface area contributed by atoms with E-state index in [9.17, 15) is 9.59 Å². The second kappa shape index (κ2) is 7.19. The van der Waals surface area contributed by atoms with E-state index in [-0.39, 0.29) is 30.3 Å². The SMILES string of the molecule is COC(=O)C[C@@H]1c2ccccc2CC1NC(=O)c1cc2sc(Cl)c(Cl)c2[nH]1. The van der Waals surface area contributed by atoms with Gasteiger partial charge in [-0.15, -0.1) is 11.3 Å². The number of aromatic nitrogens is 1. The van der Waals surface area contributed by atoms with E-state index < -0.39 is 0 Å². The fraction of sp³-hybridized carbons (Fsp3) is 0.263. The van der Waals surface area contributed by atoms with Crippen molar-refractivity contribution < 1.29 is 14.3 Å². The molecule has 8 heteroatoms. The number of hydrogen-bond acceptors (Lipinski definition) is 4. The minimum absolute atomic E-state index is 0.119. The van der Waals surface area contributed by atoms with Crippen molar-refractivity contribution in [2.75, 3.05) is 7.11 Å². The second-order valence-corrected chi connectivity index (χ2v) is 8.51. The van der Waals surface area contributed by atoms with E-state index in [4.69, 9.17) is 27.9 Å². The molecular formula is C19H16Cl2N2O3S. The lowest BCUT2D eigenvalue weighted by Gasteiger charge is -2.20. The lowest BCUT2D eigenvalue weighted by Crippen LogP contribution is -2.38. The van der Waals surface area contributed by atoms with Crippen LogP contribution in [0.4, 0.5) is 0 Å². The molecule has 2 aromatic heterocycles. The number of thiophene rings is 1. The third-order valence-electron chi connectivity index (χ3n) is 4.93. The average Bonchev–Trinajstić information content (AvgIpc) is 3.29. The summed E-state index contributed by atoms with van der Waals surface area (Å²) in [7, 11) is 1.37. The van der Waals surface area contributed by atoms with Crippen molar-refractivity contribution in [3.05, 3.63) is 56.5 Å². The number of ether oxygens (including phenoxy) is 1. The Labute approximate surface area is 169 Å². The maximum absolute atomic E-state index is 12.8. The first kappa shape index (κ1) is 18.3. The van der Waals surface area contributed by atoms with Gasteiger partial charge >= 0.3 is 5.97 Å². The third-order valence-corrected chi connectivity index (χ3v) is 6.86. The number of halogens is 2. The zero-order valence-electron chi connectivity index (χ0n) is 14.3. The van der Waals surface area contributed by atoms with Gasteiger partial charge in [0.25, 0.3) is 5.91 Å². The molecule has 0 radical (unpaired) electrons. The van der Waals surface area contributed by atoms with Gasteiger partial charge in [0.05, 0.1) is 28.8 Å². The molecule has 0 bridgehead atoms. The Morgan fingerprint density at radius 1 is 1.33 bits per heavy atom. The maximum atomic E-state index is 12.8. The van der Waals surface area contributed by atoms with Crippen molar-refractivity contribution in [2.45, 2.75) is 24.8 Å². The summed E-state index contributed by atoms with van der Waals surface area (Å²) >= 11 is 13.5. The Hall–Kier alpha value is -2.02. The van der Waals surface area contributed by atoms with Gasteiger partial charge in [-0.05, 0) is 23.6 Å². The number of aromatic amines is 1. The van der Waals surface area contributed by atoms with Gasteiger partial charge in [-0.3, -0.25) is 9.59 Å². The number of methoxy groups -OCH3 is 1. The highest BCUT2D eigenvalue weighted by molar-refractivity contribution is 7.23. The van der Waals surface area contributed by atoms with Crippen molar-refractivity contribution in [2.24, 2.45) is 0 Å². The average molecular weight is 423 g/mol. The number of fused-ring (bicyclic) bond motifs is 2. The van der Waals surface area contributed by atoms with Gasteiger partial charge in [-0.1, -0.05) is 47.5 Å². The van der Waals surface area contributed by atoms with Crippen LogP contribution < -0.4 is 5.32 Å². The molecule has 1 amide bonds. The minimum Gasteiger partial charge on any atom is -0.469 e. The van der Waals surface area contributed by atoms with Crippen molar-refractivity contribution in [3.63, 3.8) is 0 Å². The van der Waals surface area contributed by atoms with Crippen molar-refractivity contribution in [1.29, 1.82) is 0 Å². The van der Waals surface area contributed by atoms with Gasteiger partial charge in [-0.25, -0.2) is 0 Å². The summed E-state index contributed by atoms with van der Waals surface area (Å²) in [5.74, 6) is -0.650. The smallest absolute Gasteiger partial charge is 0.306 e. The van der Waals surface area contributed by atoms with Gasteiger partial charge in [0.1, 0.15) is 10.0 Å². The molecule has 0 fully saturated rings. The summed E-state index contributed by atoms with van der Waals surface area (Å²) in [6, 6.07) is 9.49. The van der Waals surface area contributed by atoms with Crippen LogP contribution in [0.15, 0.2) is 30.3 Å². The second-order valence-electron chi connectivity index (χ2n) is 6.48. The molecule has 1 unspecified atom stereocenters. The molecule has 4 rings (SSSR count). The van der Waals surface area contributed by atoms with E-state index >= 15 is 0 Å². The highest BCUT2D eigenvalue weighted by atomic mass is 35.5. The van der Waals surface area contributed by atoms with Crippen LogP contribution in [-0.2, 0) is 16.0 Å². The van der Waals surface area contributed by atoms with Crippen LogP contribution in [0.3, 0.4) is 0 Å². The lowest BCUT2D eigenvalue weighted by atomic mass is 9.94. The normalized spacial score (nSPS) is 18.5. The minimum atomic E-state index is -0.294. The summed E-state index contributed by atoms with van der Waals surface area (Å²) < 4.78 is 6.16. The van der Waals surface area contributed by atoms with E-state index in [0.29, 0.717) is 27.0 Å². The molecule has 140 valence electrons. The Morgan fingerprint density at radius 2 is 2.11 bits per heavy atom. The molecule has 2 N–H and O–H groups in total. The number of nitrogens with one attached hydrogen (secondary N) is 2. The van der Waals surface area contributed by atoms with Gasteiger partial charge in [0, 0.05) is 12.0 Å². The summed E-state index contributed by atoms with van der Waals surface area (Å²) in [5.41, 5.74) is 3.30.